The molecule has 0 aliphatic carbocycles. The highest BCUT2D eigenvalue weighted by Crippen LogP contribution is 2.27. The Morgan fingerprint density at radius 2 is 2.11 bits per heavy atom. The summed E-state index contributed by atoms with van der Waals surface area (Å²) in [5, 5.41) is 0. The SMILES string of the molecule is CN(C)c1cccc(Oc2ncc(Br)cc2CN)c1. The molecular weight excluding hydrogens is 306 g/mol. The van der Waals surface area contributed by atoms with Crippen LogP contribution in [0.3, 0.4) is 0 Å². The molecule has 0 saturated carbocycles. The maximum atomic E-state index is 5.81. The molecule has 0 amide bonds. The van der Waals surface area contributed by atoms with E-state index >= 15 is 0 Å². The second-order valence-electron chi connectivity index (χ2n) is 4.32. The van der Waals surface area contributed by atoms with Crippen molar-refractivity contribution in [2.24, 2.45) is 5.73 Å². The van der Waals surface area contributed by atoms with E-state index in [4.69, 9.17) is 10.5 Å². The van der Waals surface area contributed by atoms with Crippen molar-refractivity contribution >= 4 is 21.6 Å². The molecular formula is C14H16BrN3O. The molecule has 0 fully saturated rings. The van der Waals surface area contributed by atoms with Gasteiger partial charge in [-0.1, -0.05) is 6.07 Å². The zero-order chi connectivity index (χ0) is 13.8. The number of pyridine rings is 1. The van der Waals surface area contributed by atoms with Crippen molar-refractivity contribution in [3.8, 4) is 11.6 Å². The lowest BCUT2D eigenvalue weighted by Crippen LogP contribution is -2.08. The van der Waals surface area contributed by atoms with Crippen molar-refractivity contribution in [1.82, 2.24) is 4.98 Å². The molecule has 100 valence electrons. The van der Waals surface area contributed by atoms with Crippen molar-refractivity contribution in [1.29, 1.82) is 0 Å². The Bertz CT molecular complexity index is 572. The molecule has 2 aromatic rings. The van der Waals surface area contributed by atoms with Crippen LogP contribution in [0.25, 0.3) is 0 Å². The van der Waals surface area contributed by atoms with Gasteiger partial charge in [0.05, 0.1) is 0 Å². The Morgan fingerprint density at radius 3 is 2.79 bits per heavy atom. The van der Waals surface area contributed by atoms with Gasteiger partial charge in [0, 0.05) is 48.6 Å². The van der Waals surface area contributed by atoms with Crippen LogP contribution in [-0.4, -0.2) is 19.1 Å². The van der Waals surface area contributed by atoms with E-state index in [1.165, 1.54) is 0 Å². The third-order valence-electron chi connectivity index (χ3n) is 2.66. The van der Waals surface area contributed by atoms with Gasteiger partial charge in [-0.3, -0.25) is 0 Å². The highest BCUT2D eigenvalue weighted by Gasteiger charge is 2.07. The van der Waals surface area contributed by atoms with Crippen LogP contribution in [0, 0.1) is 0 Å². The first-order chi connectivity index (χ1) is 9.10. The number of hydrogen-bond acceptors (Lipinski definition) is 4. The largest absolute Gasteiger partial charge is 0.439 e. The number of halogens is 1. The minimum absolute atomic E-state index is 0.384. The number of ether oxygens (including phenoxy) is 1. The van der Waals surface area contributed by atoms with Crippen LogP contribution in [0.15, 0.2) is 41.0 Å². The standard InChI is InChI=1S/C14H16BrN3O/c1-18(2)12-4-3-5-13(7-12)19-14-10(8-16)6-11(15)9-17-14/h3-7,9H,8,16H2,1-2H3. The Balaban J connectivity index is 2.28. The Hall–Kier alpha value is -1.59. The monoisotopic (exact) mass is 321 g/mol. The van der Waals surface area contributed by atoms with E-state index in [2.05, 4.69) is 20.9 Å². The molecule has 0 saturated heterocycles. The summed E-state index contributed by atoms with van der Waals surface area (Å²) in [5.74, 6) is 1.29. The minimum Gasteiger partial charge on any atom is -0.439 e. The molecule has 2 N–H and O–H groups in total. The van der Waals surface area contributed by atoms with Crippen LogP contribution in [-0.2, 0) is 6.54 Å². The molecule has 5 heteroatoms. The average Bonchev–Trinajstić information content (AvgIpc) is 2.41. The topological polar surface area (TPSA) is 51.4 Å². The molecule has 1 aromatic carbocycles. The maximum Gasteiger partial charge on any atom is 0.223 e. The van der Waals surface area contributed by atoms with E-state index in [-0.39, 0.29) is 0 Å². The summed E-state index contributed by atoms with van der Waals surface area (Å²) in [5.41, 5.74) is 7.64. The van der Waals surface area contributed by atoms with Gasteiger partial charge in [-0.05, 0) is 34.1 Å². The fourth-order valence-corrected chi connectivity index (χ4v) is 2.02. The average molecular weight is 322 g/mol. The number of anilines is 1. The van der Waals surface area contributed by atoms with E-state index in [0.29, 0.717) is 12.4 Å². The molecule has 1 aromatic heterocycles. The van der Waals surface area contributed by atoms with Crippen molar-refractivity contribution in [2.75, 3.05) is 19.0 Å². The quantitative estimate of drug-likeness (QED) is 0.939. The van der Waals surface area contributed by atoms with Crippen LogP contribution in [0.4, 0.5) is 5.69 Å². The van der Waals surface area contributed by atoms with Crippen LogP contribution in [0.2, 0.25) is 0 Å². The summed E-state index contributed by atoms with van der Waals surface area (Å²) >= 11 is 3.37. The predicted octanol–water partition coefficient (Wildman–Crippen LogP) is 3.16. The summed E-state index contributed by atoms with van der Waals surface area (Å²) in [6.07, 6.45) is 1.70. The van der Waals surface area contributed by atoms with Crippen LogP contribution in [0.1, 0.15) is 5.56 Å². The highest BCUT2D eigenvalue weighted by molar-refractivity contribution is 9.10. The third-order valence-corrected chi connectivity index (χ3v) is 3.09. The van der Waals surface area contributed by atoms with Crippen LogP contribution < -0.4 is 15.4 Å². The zero-order valence-corrected chi connectivity index (χ0v) is 12.5. The Kier molecular flexibility index (Phi) is 4.39. The van der Waals surface area contributed by atoms with E-state index < -0.39 is 0 Å². The molecule has 2 rings (SSSR count). The molecule has 0 aliphatic heterocycles. The lowest BCUT2D eigenvalue weighted by atomic mass is 10.2. The zero-order valence-electron chi connectivity index (χ0n) is 10.9. The summed E-state index contributed by atoms with van der Waals surface area (Å²) in [6, 6.07) is 9.75. The molecule has 19 heavy (non-hydrogen) atoms. The molecule has 0 spiro atoms. The van der Waals surface area contributed by atoms with Gasteiger partial charge in [0.2, 0.25) is 5.88 Å². The van der Waals surface area contributed by atoms with Gasteiger partial charge in [0.15, 0.2) is 0 Å². The van der Waals surface area contributed by atoms with Crippen molar-refractivity contribution < 1.29 is 4.74 Å². The van der Waals surface area contributed by atoms with E-state index in [1.54, 1.807) is 6.20 Å². The van der Waals surface area contributed by atoms with Crippen molar-refractivity contribution in [3.05, 3.63) is 46.6 Å². The van der Waals surface area contributed by atoms with Gasteiger partial charge in [-0.2, -0.15) is 0 Å². The Labute approximate surface area is 121 Å². The highest BCUT2D eigenvalue weighted by atomic mass is 79.9. The number of nitrogens with two attached hydrogens (primary N) is 1. The molecule has 4 nitrogen and oxygen atoms in total. The van der Waals surface area contributed by atoms with E-state index in [0.717, 1.165) is 21.5 Å². The smallest absolute Gasteiger partial charge is 0.223 e. The number of benzene rings is 1. The van der Waals surface area contributed by atoms with Gasteiger partial charge >= 0.3 is 0 Å². The van der Waals surface area contributed by atoms with E-state index in [9.17, 15) is 0 Å². The lowest BCUT2D eigenvalue weighted by Gasteiger charge is -2.14. The predicted molar refractivity (Wildman–Crippen MR) is 80.7 cm³/mol. The summed E-state index contributed by atoms with van der Waals surface area (Å²) < 4.78 is 6.70. The van der Waals surface area contributed by atoms with E-state index in [1.807, 2.05) is 49.3 Å². The fourth-order valence-electron chi connectivity index (χ4n) is 1.64. The number of nitrogens with zero attached hydrogens (tertiary/aromatic N) is 2. The van der Waals surface area contributed by atoms with Gasteiger partial charge in [0.25, 0.3) is 0 Å². The summed E-state index contributed by atoms with van der Waals surface area (Å²) in [7, 11) is 3.98. The fraction of sp³-hybridized carbons (Fsp3) is 0.214. The summed E-state index contributed by atoms with van der Waals surface area (Å²) in [4.78, 5) is 6.28. The van der Waals surface area contributed by atoms with Crippen molar-refractivity contribution in [3.63, 3.8) is 0 Å². The maximum absolute atomic E-state index is 5.81. The molecule has 0 bridgehead atoms. The van der Waals surface area contributed by atoms with Gasteiger partial charge in [-0.25, -0.2) is 4.98 Å². The molecule has 1 heterocycles. The normalized spacial score (nSPS) is 10.3. The summed E-state index contributed by atoms with van der Waals surface area (Å²) in [6.45, 7) is 0.384. The number of hydrogen-bond donors (Lipinski definition) is 1. The molecule has 0 radical (unpaired) electrons. The lowest BCUT2D eigenvalue weighted by molar-refractivity contribution is 0.456. The Morgan fingerprint density at radius 1 is 1.32 bits per heavy atom. The second-order valence-corrected chi connectivity index (χ2v) is 5.23. The van der Waals surface area contributed by atoms with Gasteiger partial charge in [-0.15, -0.1) is 0 Å². The minimum atomic E-state index is 0.384. The van der Waals surface area contributed by atoms with Gasteiger partial charge in [0.1, 0.15) is 5.75 Å². The third kappa shape index (κ3) is 3.45. The first-order valence-electron chi connectivity index (χ1n) is 5.90. The molecule has 0 unspecified atom stereocenters. The first kappa shape index (κ1) is 13.8. The van der Waals surface area contributed by atoms with Crippen LogP contribution in [0.5, 0.6) is 11.6 Å². The van der Waals surface area contributed by atoms with Crippen LogP contribution >= 0.6 is 15.9 Å². The number of aromatic nitrogens is 1. The van der Waals surface area contributed by atoms with Gasteiger partial charge < -0.3 is 15.4 Å². The first-order valence-corrected chi connectivity index (χ1v) is 6.69. The molecule has 0 atom stereocenters. The van der Waals surface area contributed by atoms with Crippen molar-refractivity contribution in [2.45, 2.75) is 6.54 Å². The second kappa shape index (κ2) is 6.04. The molecule has 0 aliphatic rings. The number of rotatable bonds is 4.